The van der Waals surface area contributed by atoms with Crippen LogP contribution in [0, 0.1) is 35.0 Å². The molecule has 0 bridgehead atoms. The van der Waals surface area contributed by atoms with Crippen molar-refractivity contribution in [2.75, 3.05) is 7.05 Å². The fraction of sp³-hybridized carbons (Fsp3) is 0.731. The van der Waals surface area contributed by atoms with Crippen LogP contribution < -0.4 is 5.32 Å². The molecule has 6 rings (SSSR count). The molecule has 5 aliphatic carbocycles. The number of amides is 1. The smallest absolute Gasteiger partial charge is 0.306 e. The van der Waals surface area contributed by atoms with Crippen molar-refractivity contribution in [3.8, 4) is 0 Å². The summed E-state index contributed by atoms with van der Waals surface area (Å²) in [5.74, 6) is 1.66. The van der Waals surface area contributed by atoms with Crippen LogP contribution in [0.4, 0.5) is 0 Å². The predicted molar refractivity (Wildman–Crippen MR) is 117 cm³/mol. The van der Waals surface area contributed by atoms with E-state index in [1.807, 2.05) is 19.9 Å². The van der Waals surface area contributed by atoms with Gasteiger partial charge in [0.1, 0.15) is 5.60 Å². The zero-order valence-corrected chi connectivity index (χ0v) is 19.3. The molecular formula is C26H35NO4. The number of rotatable bonds is 1. The number of allylic oxidation sites excluding steroid dienone is 4. The molecule has 0 aromatic heterocycles. The van der Waals surface area contributed by atoms with Crippen molar-refractivity contribution in [2.24, 2.45) is 35.0 Å². The van der Waals surface area contributed by atoms with Gasteiger partial charge in [-0.15, -0.1) is 0 Å². The highest BCUT2D eigenvalue weighted by Crippen LogP contribution is 2.72. The first kappa shape index (κ1) is 21.0. The van der Waals surface area contributed by atoms with E-state index >= 15 is 0 Å². The first-order chi connectivity index (χ1) is 14.9. The Hall–Kier alpha value is -1.91. The third-order valence-corrected chi connectivity index (χ3v) is 9.31. The van der Waals surface area contributed by atoms with Crippen LogP contribution in [-0.2, 0) is 19.1 Å². The van der Waals surface area contributed by atoms with E-state index in [4.69, 9.17) is 4.74 Å². The van der Waals surface area contributed by atoms with Crippen LogP contribution in [0.15, 0.2) is 22.8 Å². The molecule has 0 aromatic carbocycles. The molecule has 0 radical (unpaired) electrons. The minimum atomic E-state index is -0.285. The summed E-state index contributed by atoms with van der Waals surface area (Å²) in [7, 11) is 1.72. The number of fused-ring (bicyclic) bond motifs is 8. The molecule has 1 heterocycles. The fourth-order valence-corrected chi connectivity index (χ4v) is 8.11. The number of hydrogen-bond donors (Lipinski definition) is 1. The number of ketones is 1. The molecule has 1 spiro atoms. The van der Waals surface area contributed by atoms with Crippen LogP contribution in [0.1, 0.15) is 72.1 Å². The van der Waals surface area contributed by atoms with Crippen LogP contribution >= 0.6 is 0 Å². The summed E-state index contributed by atoms with van der Waals surface area (Å²) in [5, 5.41) is 2.90. The molecule has 7 atom stereocenters. The molecule has 31 heavy (non-hydrogen) atoms. The van der Waals surface area contributed by atoms with E-state index in [9.17, 15) is 14.4 Å². The van der Waals surface area contributed by atoms with Crippen molar-refractivity contribution in [1.82, 2.24) is 5.32 Å². The lowest BCUT2D eigenvalue weighted by atomic mass is 9.51. The molecule has 0 aromatic rings. The first-order valence-electron chi connectivity index (χ1n) is 12.3. The maximum absolute atomic E-state index is 13.0. The number of nitrogens with one attached hydrogen (secondary N) is 1. The van der Waals surface area contributed by atoms with Crippen molar-refractivity contribution in [1.29, 1.82) is 0 Å². The summed E-state index contributed by atoms with van der Waals surface area (Å²) < 4.78 is 6.01. The fourth-order valence-electron chi connectivity index (χ4n) is 8.11. The van der Waals surface area contributed by atoms with Crippen molar-refractivity contribution < 1.29 is 19.1 Å². The Morgan fingerprint density at radius 1 is 1.13 bits per heavy atom. The molecule has 6 aliphatic rings. The molecular weight excluding hydrogens is 390 g/mol. The minimum absolute atomic E-state index is 0.0444. The molecule has 1 amide bonds. The van der Waals surface area contributed by atoms with Crippen LogP contribution in [0.3, 0.4) is 0 Å². The van der Waals surface area contributed by atoms with Gasteiger partial charge in [0, 0.05) is 37.1 Å². The second-order valence-corrected chi connectivity index (χ2v) is 10.4. The van der Waals surface area contributed by atoms with Gasteiger partial charge in [-0.25, -0.2) is 0 Å². The molecule has 1 aliphatic heterocycles. The van der Waals surface area contributed by atoms with Gasteiger partial charge < -0.3 is 10.1 Å². The van der Waals surface area contributed by atoms with Crippen molar-refractivity contribution in [3.05, 3.63) is 22.8 Å². The molecule has 168 valence electrons. The Morgan fingerprint density at radius 3 is 2.58 bits per heavy atom. The van der Waals surface area contributed by atoms with Crippen LogP contribution in [0.2, 0.25) is 0 Å². The summed E-state index contributed by atoms with van der Waals surface area (Å²) in [6.45, 7) is 6.32. The number of ether oxygens (including phenoxy) is 1. The standard InChI is InChI=1S/C24H29NO4.C2H6/c1-23-6-3-13(26)9-12(23)10-17(22(28)25-2)19-14-4-7-24(8-5-18(27)29-24)20(14)15-11-16(15)21(19)23;1-2/h9,14-15,17,19-20H,3-8,10-11H2,1-2H3,(H,25,28);1-2H3/t14?,15-,17+,19?,20?,23?,24+;/m0./s1. The maximum Gasteiger partial charge on any atom is 0.306 e. The third-order valence-electron chi connectivity index (χ3n) is 9.31. The topological polar surface area (TPSA) is 72.5 Å². The van der Waals surface area contributed by atoms with Crippen molar-refractivity contribution in [3.63, 3.8) is 0 Å². The van der Waals surface area contributed by atoms with Crippen LogP contribution in [0.25, 0.3) is 0 Å². The SMILES string of the molecule is CC.CNC(=O)[C@@H]1CC2=CC(=O)CCC2(C)C2=C3C[C@@H]3C3C(CC[C@@]34CCC(=O)O4)C21. The lowest BCUT2D eigenvalue weighted by Crippen LogP contribution is -2.51. The van der Waals surface area contributed by atoms with Gasteiger partial charge in [0.05, 0.1) is 0 Å². The van der Waals surface area contributed by atoms with Gasteiger partial charge >= 0.3 is 5.97 Å². The molecule has 4 unspecified atom stereocenters. The van der Waals surface area contributed by atoms with Gasteiger partial charge in [0.15, 0.2) is 5.78 Å². The van der Waals surface area contributed by atoms with Gasteiger partial charge in [0.25, 0.3) is 0 Å². The van der Waals surface area contributed by atoms with Crippen molar-refractivity contribution >= 4 is 17.7 Å². The average Bonchev–Trinajstić information content (AvgIpc) is 3.34. The summed E-state index contributed by atoms with van der Waals surface area (Å²) in [6.07, 6.45) is 8.47. The Bertz CT molecular complexity index is 916. The van der Waals surface area contributed by atoms with Crippen LogP contribution in [0.5, 0.6) is 0 Å². The second-order valence-electron chi connectivity index (χ2n) is 10.4. The van der Waals surface area contributed by atoms with E-state index in [1.54, 1.807) is 7.05 Å². The number of carbonyl (C=O) groups excluding carboxylic acids is 3. The van der Waals surface area contributed by atoms with Gasteiger partial charge in [-0.3, -0.25) is 14.4 Å². The summed E-state index contributed by atoms with van der Waals surface area (Å²) in [6, 6.07) is 0. The lowest BCUT2D eigenvalue weighted by Gasteiger charge is -2.53. The molecule has 5 nitrogen and oxygen atoms in total. The summed E-state index contributed by atoms with van der Waals surface area (Å²) in [4.78, 5) is 37.3. The monoisotopic (exact) mass is 425 g/mol. The molecule has 3 saturated carbocycles. The minimum Gasteiger partial charge on any atom is -0.459 e. The third kappa shape index (κ3) is 2.77. The van der Waals surface area contributed by atoms with Crippen LogP contribution in [-0.4, -0.2) is 30.3 Å². The Balaban J connectivity index is 0.000000994. The summed E-state index contributed by atoms with van der Waals surface area (Å²) in [5.41, 5.74) is 3.83. The Morgan fingerprint density at radius 2 is 1.90 bits per heavy atom. The van der Waals surface area contributed by atoms with Gasteiger partial charge in [0.2, 0.25) is 5.91 Å². The zero-order chi connectivity index (χ0) is 22.1. The van der Waals surface area contributed by atoms with E-state index < -0.39 is 0 Å². The van der Waals surface area contributed by atoms with E-state index in [1.165, 1.54) is 16.7 Å². The molecule has 1 saturated heterocycles. The number of carbonyl (C=O) groups is 3. The van der Waals surface area contributed by atoms with Gasteiger partial charge in [-0.05, 0) is 62.4 Å². The quantitative estimate of drug-likeness (QED) is 0.507. The Kier molecular flexibility index (Phi) is 4.76. The summed E-state index contributed by atoms with van der Waals surface area (Å²) >= 11 is 0. The normalized spacial score (nSPS) is 44.3. The van der Waals surface area contributed by atoms with E-state index in [0.29, 0.717) is 37.0 Å². The van der Waals surface area contributed by atoms with E-state index in [2.05, 4.69) is 12.2 Å². The van der Waals surface area contributed by atoms with Gasteiger partial charge in [-0.1, -0.05) is 37.5 Å². The van der Waals surface area contributed by atoms with Crippen molar-refractivity contribution in [2.45, 2.75) is 77.7 Å². The zero-order valence-electron chi connectivity index (χ0n) is 19.3. The second kappa shape index (κ2) is 7.05. The maximum atomic E-state index is 13.0. The predicted octanol–water partition coefficient (Wildman–Crippen LogP) is 4.12. The first-order valence-corrected chi connectivity index (χ1v) is 12.3. The largest absolute Gasteiger partial charge is 0.459 e. The Labute approximate surface area is 185 Å². The highest BCUT2D eigenvalue weighted by atomic mass is 16.6. The highest BCUT2D eigenvalue weighted by Gasteiger charge is 2.68. The van der Waals surface area contributed by atoms with E-state index in [-0.39, 0.29) is 40.5 Å². The van der Waals surface area contributed by atoms with E-state index in [0.717, 1.165) is 32.1 Å². The number of hydrogen-bond acceptors (Lipinski definition) is 4. The molecule has 4 fully saturated rings. The average molecular weight is 426 g/mol. The molecule has 1 N–H and O–H groups in total. The molecule has 5 heteroatoms. The lowest BCUT2D eigenvalue weighted by molar-refractivity contribution is -0.153. The van der Waals surface area contributed by atoms with Gasteiger partial charge in [-0.2, -0.15) is 0 Å². The highest BCUT2D eigenvalue weighted by molar-refractivity contribution is 5.92. The number of esters is 1.